The van der Waals surface area contributed by atoms with E-state index in [1.807, 2.05) is 15.6 Å². The van der Waals surface area contributed by atoms with Crippen LogP contribution in [0, 0.1) is 0 Å². The minimum atomic E-state index is -0.154. The van der Waals surface area contributed by atoms with Gasteiger partial charge in [-0.05, 0) is 38.8 Å². The Balaban J connectivity index is 1.46. The Bertz CT molecular complexity index is 1020. The van der Waals surface area contributed by atoms with Gasteiger partial charge in [-0.3, -0.25) is 9.48 Å². The number of aromatic nitrogens is 4. The molecule has 3 aromatic heterocycles. The molecular formula is C22H26N6O2. The first-order valence-corrected chi connectivity index (χ1v) is 10.5. The Kier molecular flexibility index (Phi) is 4.56. The molecule has 156 valence electrons. The topological polar surface area (TPSA) is 80.3 Å². The first kappa shape index (κ1) is 18.8. The summed E-state index contributed by atoms with van der Waals surface area (Å²) in [7, 11) is 0. The van der Waals surface area contributed by atoms with E-state index >= 15 is 0 Å². The summed E-state index contributed by atoms with van der Waals surface area (Å²) < 4.78 is 7.18. The number of furan rings is 1. The van der Waals surface area contributed by atoms with E-state index < -0.39 is 0 Å². The summed E-state index contributed by atoms with van der Waals surface area (Å²) >= 11 is 0. The number of amides is 1. The van der Waals surface area contributed by atoms with Crippen LogP contribution in [0.2, 0.25) is 0 Å². The molecule has 1 saturated heterocycles. The van der Waals surface area contributed by atoms with E-state index in [0.29, 0.717) is 18.7 Å². The van der Waals surface area contributed by atoms with Crippen molar-refractivity contribution in [2.75, 3.05) is 24.5 Å². The maximum absolute atomic E-state index is 13.1. The molecule has 3 aromatic rings. The highest BCUT2D eigenvalue weighted by atomic mass is 16.3. The van der Waals surface area contributed by atoms with Crippen molar-refractivity contribution in [1.29, 1.82) is 0 Å². The number of carbonyl (C=O) groups is 1. The second-order valence-electron chi connectivity index (χ2n) is 8.57. The van der Waals surface area contributed by atoms with E-state index in [1.54, 1.807) is 24.7 Å². The van der Waals surface area contributed by atoms with Gasteiger partial charge in [-0.2, -0.15) is 5.10 Å². The number of piperidine rings is 1. The van der Waals surface area contributed by atoms with Crippen LogP contribution >= 0.6 is 0 Å². The van der Waals surface area contributed by atoms with Crippen molar-refractivity contribution < 1.29 is 9.21 Å². The molecule has 0 unspecified atom stereocenters. The average Bonchev–Trinajstić information content (AvgIpc) is 3.45. The summed E-state index contributed by atoms with van der Waals surface area (Å²) in [5.41, 5.74) is 2.75. The Morgan fingerprint density at radius 2 is 1.97 bits per heavy atom. The Morgan fingerprint density at radius 1 is 1.20 bits per heavy atom. The number of carbonyl (C=O) groups excluding carboxylic acids is 1. The van der Waals surface area contributed by atoms with Crippen LogP contribution in [0.25, 0.3) is 0 Å². The highest BCUT2D eigenvalue weighted by Gasteiger charge is 2.46. The molecule has 8 nitrogen and oxygen atoms in total. The monoisotopic (exact) mass is 406 g/mol. The van der Waals surface area contributed by atoms with E-state index in [1.165, 1.54) is 6.26 Å². The highest BCUT2D eigenvalue weighted by molar-refractivity contribution is 5.94. The number of hydrogen-bond donors (Lipinski definition) is 0. The number of rotatable bonds is 3. The summed E-state index contributed by atoms with van der Waals surface area (Å²) in [4.78, 5) is 26.1. The lowest BCUT2D eigenvalue weighted by atomic mass is 9.72. The van der Waals surface area contributed by atoms with Crippen LogP contribution in [0.4, 0.5) is 5.95 Å². The summed E-state index contributed by atoms with van der Waals surface area (Å²) in [6, 6.07) is 3.85. The molecule has 1 amide bonds. The molecule has 0 aliphatic carbocycles. The zero-order chi connectivity index (χ0) is 20.7. The van der Waals surface area contributed by atoms with Crippen molar-refractivity contribution in [2.45, 2.75) is 44.7 Å². The molecule has 5 rings (SSSR count). The molecular weight excluding hydrogens is 380 g/mol. The molecule has 2 aliphatic heterocycles. The predicted molar refractivity (Wildman–Crippen MR) is 111 cm³/mol. The number of anilines is 1. The Morgan fingerprint density at radius 3 is 2.63 bits per heavy atom. The van der Waals surface area contributed by atoms with Gasteiger partial charge in [-0.15, -0.1) is 0 Å². The van der Waals surface area contributed by atoms with Gasteiger partial charge >= 0.3 is 0 Å². The van der Waals surface area contributed by atoms with Crippen LogP contribution in [-0.2, 0) is 12.0 Å². The van der Waals surface area contributed by atoms with Gasteiger partial charge in [0.1, 0.15) is 6.26 Å². The third-order valence-electron chi connectivity index (χ3n) is 6.30. The molecule has 1 spiro atoms. The van der Waals surface area contributed by atoms with Crippen LogP contribution < -0.4 is 4.90 Å². The molecule has 0 N–H and O–H groups in total. The van der Waals surface area contributed by atoms with E-state index in [9.17, 15) is 4.79 Å². The number of nitrogens with zero attached hydrogens (tertiary/aromatic N) is 6. The maximum atomic E-state index is 13.1. The minimum absolute atomic E-state index is 0.0138. The lowest BCUT2D eigenvalue weighted by Gasteiger charge is -2.46. The van der Waals surface area contributed by atoms with E-state index in [-0.39, 0.29) is 17.4 Å². The zero-order valence-corrected chi connectivity index (χ0v) is 17.4. The minimum Gasteiger partial charge on any atom is -0.472 e. The van der Waals surface area contributed by atoms with Crippen molar-refractivity contribution in [3.05, 3.63) is 60.1 Å². The summed E-state index contributed by atoms with van der Waals surface area (Å²) in [5, 5.41) is 4.99. The smallest absolute Gasteiger partial charge is 0.257 e. The number of fused-ring (bicyclic) bond motifs is 2. The van der Waals surface area contributed by atoms with E-state index in [4.69, 9.17) is 9.52 Å². The predicted octanol–water partition coefficient (Wildman–Crippen LogP) is 3.04. The molecule has 0 saturated carbocycles. The van der Waals surface area contributed by atoms with Crippen molar-refractivity contribution in [2.24, 2.45) is 0 Å². The fourth-order valence-electron chi connectivity index (χ4n) is 4.65. The molecule has 30 heavy (non-hydrogen) atoms. The SMILES string of the molecule is CC(C)n1cc2c(n1)C1(CCN(c3ncccn3)CC1)CN(C(=O)c1ccoc1)C2. The zero-order valence-electron chi connectivity index (χ0n) is 17.4. The second kappa shape index (κ2) is 7.27. The number of hydrogen-bond acceptors (Lipinski definition) is 6. The Hall–Kier alpha value is -3.16. The largest absolute Gasteiger partial charge is 0.472 e. The first-order valence-electron chi connectivity index (χ1n) is 10.5. The van der Waals surface area contributed by atoms with Crippen molar-refractivity contribution in [3.8, 4) is 0 Å². The lowest BCUT2D eigenvalue weighted by molar-refractivity contribution is 0.0643. The fourth-order valence-corrected chi connectivity index (χ4v) is 4.65. The van der Waals surface area contributed by atoms with Crippen molar-refractivity contribution in [1.82, 2.24) is 24.6 Å². The van der Waals surface area contributed by atoms with E-state index in [2.05, 4.69) is 34.9 Å². The standard InChI is InChI=1S/C22H26N6O2/c1-16(2)28-13-18-12-27(20(29)17-4-11-30-14-17)15-22(19(18)25-28)5-9-26(10-6-22)21-23-7-3-8-24-21/h3-4,7-8,11,13-14,16H,5-6,9-10,12,15H2,1-2H3. The summed E-state index contributed by atoms with van der Waals surface area (Å²) in [6.07, 6.45) is 10.6. The van der Waals surface area contributed by atoms with Crippen molar-refractivity contribution in [3.63, 3.8) is 0 Å². The molecule has 0 aromatic carbocycles. The van der Waals surface area contributed by atoms with Gasteiger partial charge in [0.25, 0.3) is 5.91 Å². The average molecular weight is 406 g/mol. The van der Waals surface area contributed by atoms with Gasteiger partial charge in [0.2, 0.25) is 5.95 Å². The fraction of sp³-hybridized carbons (Fsp3) is 0.455. The second-order valence-corrected chi connectivity index (χ2v) is 8.57. The quantitative estimate of drug-likeness (QED) is 0.665. The van der Waals surface area contributed by atoms with Gasteiger partial charge in [-0.25, -0.2) is 9.97 Å². The van der Waals surface area contributed by atoms with Crippen LogP contribution in [0.3, 0.4) is 0 Å². The summed E-state index contributed by atoms with van der Waals surface area (Å²) in [5.74, 6) is 0.780. The van der Waals surface area contributed by atoms with Gasteiger partial charge < -0.3 is 14.2 Å². The first-order chi connectivity index (χ1) is 14.6. The normalized spacial score (nSPS) is 18.1. The van der Waals surface area contributed by atoms with Crippen LogP contribution in [0.1, 0.15) is 54.3 Å². The highest BCUT2D eigenvalue weighted by Crippen LogP contribution is 2.42. The molecule has 0 radical (unpaired) electrons. The molecule has 1 fully saturated rings. The maximum Gasteiger partial charge on any atom is 0.257 e. The van der Waals surface area contributed by atoms with Crippen LogP contribution in [0.15, 0.2) is 47.7 Å². The van der Waals surface area contributed by atoms with Crippen LogP contribution in [-0.4, -0.2) is 50.2 Å². The molecule has 5 heterocycles. The molecule has 8 heteroatoms. The van der Waals surface area contributed by atoms with Gasteiger partial charge in [0, 0.05) is 61.8 Å². The third kappa shape index (κ3) is 3.16. The van der Waals surface area contributed by atoms with Gasteiger partial charge in [0.05, 0.1) is 17.5 Å². The van der Waals surface area contributed by atoms with Crippen molar-refractivity contribution >= 4 is 11.9 Å². The van der Waals surface area contributed by atoms with Gasteiger partial charge in [0.15, 0.2) is 0 Å². The van der Waals surface area contributed by atoms with Gasteiger partial charge in [-0.1, -0.05) is 0 Å². The molecule has 2 aliphatic rings. The molecule has 0 bridgehead atoms. The Labute approximate surface area is 175 Å². The lowest BCUT2D eigenvalue weighted by Crippen LogP contribution is -2.53. The summed E-state index contributed by atoms with van der Waals surface area (Å²) in [6.45, 7) is 7.20. The van der Waals surface area contributed by atoms with E-state index in [0.717, 1.165) is 43.1 Å². The molecule has 0 atom stereocenters. The third-order valence-corrected chi connectivity index (χ3v) is 6.30. The van der Waals surface area contributed by atoms with Crippen LogP contribution in [0.5, 0.6) is 0 Å².